The van der Waals surface area contributed by atoms with Crippen LogP contribution >= 0.6 is 0 Å². The average Bonchev–Trinajstić information content (AvgIpc) is 2.24. The van der Waals surface area contributed by atoms with E-state index in [9.17, 15) is 4.79 Å². The first-order chi connectivity index (χ1) is 7.27. The maximum atomic E-state index is 11.1. The molecular formula is C10H17N3O2. The zero-order valence-corrected chi connectivity index (χ0v) is 9.19. The summed E-state index contributed by atoms with van der Waals surface area (Å²) in [4.78, 5) is 13.1. The van der Waals surface area contributed by atoms with Crippen molar-refractivity contribution in [3.8, 4) is 0 Å². The molecule has 0 saturated heterocycles. The summed E-state index contributed by atoms with van der Waals surface area (Å²) in [6.45, 7) is 6.98. The first kappa shape index (κ1) is 11.7. The highest BCUT2D eigenvalue weighted by molar-refractivity contribution is 5.42. The number of hydrogen-bond acceptors (Lipinski definition) is 4. The normalized spacial score (nSPS) is 10.3. The maximum Gasteiger partial charge on any atom is 0.266 e. The van der Waals surface area contributed by atoms with Crippen molar-refractivity contribution in [1.82, 2.24) is 10.2 Å². The number of rotatable bonds is 6. The van der Waals surface area contributed by atoms with Gasteiger partial charge in [-0.15, -0.1) is 0 Å². The summed E-state index contributed by atoms with van der Waals surface area (Å²) in [7, 11) is 0. The highest BCUT2D eigenvalue weighted by Gasteiger charge is 2.04. The van der Waals surface area contributed by atoms with Gasteiger partial charge in [0, 0.05) is 25.8 Å². The molecule has 0 saturated carbocycles. The second kappa shape index (κ2) is 6.19. The highest BCUT2D eigenvalue weighted by atomic mass is 16.5. The van der Waals surface area contributed by atoms with Gasteiger partial charge in [-0.3, -0.25) is 4.79 Å². The lowest BCUT2D eigenvalue weighted by atomic mass is 10.4. The van der Waals surface area contributed by atoms with E-state index in [1.165, 1.54) is 0 Å². The van der Waals surface area contributed by atoms with Crippen LogP contribution < -0.4 is 10.5 Å². The predicted octanol–water partition coefficient (Wildman–Crippen LogP) is 0.633. The van der Waals surface area contributed by atoms with Crippen molar-refractivity contribution >= 4 is 5.69 Å². The molecule has 5 heteroatoms. The number of nitrogens with zero attached hydrogens (tertiary/aromatic N) is 2. The number of H-pyrrole nitrogens is 1. The van der Waals surface area contributed by atoms with E-state index in [1.54, 1.807) is 12.3 Å². The van der Waals surface area contributed by atoms with E-state index in [0.29, 0.717) is 13.2 Å². The quantitative estimate of drug-likeness (QED) is 0.701. The lowest BCUT2D eigenvalue weighted by molar-refractivity contribution is 0.154. The van der Waals surface area contributed by atoms with Crippen LogP contribution in [0.15, 0.2) is 17.1 Å². The van der Waals surface area contributed by atoms with E-state index in [4.69, 9.17) is 4.74 Å². The maximum absolute atomic E-state index is 11.1. The summed E-state index contributed by atoms with van der Waals surface area (Å²) in [5.74, 6) is 0. The fourth-order valence-electron chi connectivity index (χ4n) is 1.33. The van der Waals surface area contributed by atoms with Crippen LogP contribution in [0.1, 0.15) is 13.8 Å². The Morgan fingerprint density at radius 1 is 1.53 bits per heavy atom. The number of aromatic amines is 1. The van der Waals surface area contributed by atoms with Crippen LogP contribution in [0.25, 0.3) is 0 Å². The summed E-state index contributed by atoms with van der Waals surface area (Å²) in [6, 6.07) is 1.54. The number of hydrogen-bond donors (Lipinski definition) is 1. The van der Waals surface area contributed by atoms with Crippen molar-refractivity contribution in [2.75, 3.05) is 31.2 Å². The minimum absolute atomic E-state index is 0.178. The van der Waals surface area contributed by atoms with Gasteiger partial charge in [0.2, 0.25) is 0 Å². The molecule has 0 aromatic carbocycles. The number of ether oxygens (including phenoxy) is 1. The Labute approximate surface area is 89.1 Å². The Morgan fingerprint density at radius 2 is 2.33 bits per heavy atom. The molecule has 0 aliphatic heterocycles. The van der Waals surface area contributed by atoms with Crippen LogP contribution in [-0.2, 0) is 4.74 Å². The summed E-state index contributed by atoms with van der Waals surface area (Å²) in [5, 5.41) is 6.12. The van der Waals surface area contributed by atoms with Gasteiger partial charge >= 0.3 is 0 Å². The van der Waals surface area contributed by atoms with Crippen molar-refractivity contribution in [1.29, 1.82) is 0 Å². The average molecular weight is 211 g/mol. The fraction of sp³-hybridized carbons (Fsp3) is 0.600. The van der Waals surface area contributed by atoms with E-state index in [-0.39, 0.29) is 5.56 Å². The molecule has 5 nitrogen and oxygen atoms in total. The molecule has 0 atom stereocenters. The SMILES string of the molecule is CCOCCN(CC)c1cn[nH]c(=O)c1. The minimum Gasteiger partial charge on any atom is -0.380 e. The molecule has 1 aromatic heterocycles. The van der Waals surface area contributed by atoms with Gasteiger partial charge in [0.15, 0.2) is 0 Å². The molecule has 84 valence electrons. The van der Waals surface area contributed by atoms with Crippen molar-refractivity contribution in [2.24, 2.45) is 0 Å². The topological polar surface area (TPSA) is 58.2 Å². The molecule has 1 aromatic rings. The molecule has 15 heavy (non-hydrogen) atoms. The van der Waals surface area contributed by atoms with Crippen LogP contribution in [0.5, 0.6) is 0 Å². The van der Waals surface area contributed by atoms with Crippen molar-refractivity contribution < 1.29 is 4.74 Å². The lowest BCUT2D eigenvalue weighted by Gasteiger charge is -2.21. The summed E-state index contributed by atoms with van der Waals surface area (Å²) < 4.78 is 5.27. The summed E-state index contributed by atoms with van der Waals surface area (Å²) in [6.07, 6.45) is 1.65. The molecule has 0 amide bonds. The fourth-order valence-corrected chi connectivity index (χ4v) is 1.33. The Bertz CT molecular complexity index is 337. The Hall–Kier alpha value is -1.36. The van der Waals surface area contributed by atoms with E-state index >= 15 is 0 Å². The molecular weight excluding hydrogens is 194 g/mol. The molecule has 1 rings (SSSR count). The third-order valence-electron chi connectivity index (χ3n) is 2.11. The first-order valence-electron chi connectivity index (χ1n) is 5.15. The predicted molar refractivity (Wildman–Crippen MR) is 59.2 cm³/mol. The molecule has 0 spiro atoms. The summed E-state index contributed by atoms with van der Waals surface area (Å²) >= 11 is 0. The smallest absolute Gasteiger partial charge is 0.266 e. The van der Waals surface area contributed by atoms with E-state index in [2.05, 4.69) is 15.1 Å². The molecule has 0 unspecified atom stereocenters. The molecule has 1 heterocycles. The monoisotopic (exact) mass is 211 g/mol. The number of likely N-dealkylation sites (N-methyl/N-ethyl adjacent to an activating group) is 1. The van der Waals surface area contributed by atoms with Crippen LogP contribution in [0, 0.1) is 0 Å². The van der Waals surface area contributed by atoms with E-state index < -0.39 is 0 Å². The van der Waals surface area contributed by atoms with Crippen molar-refractivity contribution in [3.05, 3.63) is 22.6 Å². The van der Waals surface area contributed by atoms with Gasteiger partial charge < -0.3 is 9.64 Å². The second-order valence-electron chi connectivity index (χ2n) is 3.08. The van der Waals surface area contributed by atoms with Crippen LogP contribution in [0.2, 0.25) is 0 Å². The molecule has 0 bridgehead atoms. The third-order valence-corrected chi connectivity index (χ3v) is 2.11. The molecule has 0 fully saturated rings. The van der Waals surface area contributed by atoms with Gasteiger partial charge in [-0.1, -0.05) is 0 Å². The highest BCUT2D eigenvalue weighted by Crippen LogP contribution is 2.07. The molecule has 0 radical (unpaired) electrons. The van der Waals surface area contributed by atoms with E-state index in [1.807, 2.05) is 13.8 Å². The van der Waals surface area contributed by atoms with Gasteiger partial charge in [-0.05, 0) is 13.8 Å². The van der Waals surface area contributed by atoms with Crippen molar-refractivity contribution in [3.63, 3.8) is 0 Å². The van der Waals surface area contributed by atoms with Gasteiger partial charge in [0.25, 0.3) is 5.56 Å². The first-order valence-corrected chi connectivity index (χ1v) is 5.15. The van der Waals surface area contributed by atoms with Gasteiger partial charge in [0.05, 0.1) is 18.5 Å². The number of nitrogens with one attached hydrogen (secondary N) is 1. The molecule has 0 aliphatic rings. The van der Waals surface area contributed by atoms with Gasteiger partial charge in [-0.25, -0.2) is 5.10 Å². The van der Waals surface area contributed by atoms with Crippen LogP contribution in [-0.4, -0.2) is 36.5 Å². The number of anilines is 1. The lowest BCUT2D eigenvalue weighted by Crippen LogP contribution is -2.28. The number of aromatic nitrogens is 2. The zero-order chi connectivity index (χ0) is 11.1. The van der Waals surface area contributed by atoms with Gasteiger partial charge in [-0.2, -0.15) is 5.10 Å². The van der Waals surface area contributed by atoms with Crippen LogP contribution in [0.3, 0.4) is 0 Å². The largest absolute Gasteiger partial charge is 0.380 e. The Kier molecular flexibility index (Phi) is 4.83. The van der Waals surface area contributed by atoms with E-state index in [0.717, 1.165) is 18.8 Å². The molecule has 1 N–H and O–H groups in total. The second-order valence-corrected chi connectivity index (χ2v) is 3.08. The Balaban J connectivity index is 2.61. The Morgan fingerprint density at radius 3 is 2.93 bits per heavy atom. The standard InChI is InChI=1S/C10H17N3O2/c1-3-13(5-6-15-4-2)9-7-10(14)12-11-8-9/h7-8H,3-6H2,1-2H3,(H,12,14). The third kappa shape index (κ3) is 3.71. The minimum atomic E-state index is -0.178. The van der Waals surface area contributed by atoms with Crippen LogP contribution in [0.4, 0.5) is 5.69 Å². The van der Waals surface area contributed by atoms with Crippen molar-refractivity contribution in [2.45, 2.75) is 13.8 Å². The zero-order valence-electron chi connectivity index (χ0n) is 9.19. The van der Waals surface area contributed by atoms with Gasteiger partial charge in [0.1, 0.15) is 0 Å². The summed E-state index contributed by atoms with van der Waals surface area (Å²) in [5.41, 5.74) is 0.656. The molecule has 0 aliphatic carbocycles.